The Morgan fingerprint density at radius 1 is 0.875 bits per heavy atom. The van der Waals surface area contributed by atoms with Crippen LogP contribution < -0.4 is 25.5 Å². The molecule has 0 radical (unpaired) electrons. The van der Waals surface area contributed by atoms with Crippen LogP contribution in [0.1, 0.15) is 18.6 Å². The molecule has 1 atom stereocenters. The van der Waals surface area contributed by atoms with Gasteiger partial charge in [-0.05, 0) is 31.2 Å². The quantitative estimate of drug-likeness (QED) is 0.387. The number of halogens is 1. The lowest BCUT2D eigenvalue weighted by Gasteiger charge is -2.17. The van der Waals surface area contributed by atoms with Gasteiger partial charge in [-0.2, -0.15) is 0 Å². The lowest BCUT2D eigenvalue weighted by Crippen LogP contribution is -3.09. The van der Waals surface area contributed by atoms with Crippen LogP contribution in [0.3, 0.4) is 0 Å². The topological polar surface area (TPSA) is 114 Å². The number of fused-ring (bicyclic) bond motifs is 2. The largest absolute Gasteiger partial charge is 0.493 e. The minimum Gasteiger partial charge on any atom is -0.493 e. The number of nitrogens with zero attached hydrogens (tertiary/aromatic N) is 2. The van der Waals surface area contributed by atoms with Gasteiger partial charge in [0.25, 0.3) is 11.1 Å². The molecule has 4 aromatic rings. The van der Waals surface area contributed by atoms with E-state index in [9.17, 15) is 9.59 Å². The van der Waals surface area contributed by atoms with Gasteiger partial charge in [-0.1, -0.05) is 11.6 Å². The fraction of sp³-hybridized carbons (Fsp3) is 0.273. The average Bonchev–Trinajstić information content (AvgIpc) is 2.77. The van der Waals surface area contributed by atoms with Gasteiger partial charge in [-0.3, -0.25) is 9.59 Å². The van der Waals surface area contributed by atoms with Crippen LogP contribution in [0, 0.1) is 0 Å². The minimum absolute atomic E-state index is 0.213. The number of hydrogen-bond donors (Lipinski definition) is 3. The van der Waals surface area contributed by atoms with Crippen molar-refractivity contribution in [2.75, 3.05) is 20.8 Å². The molecule has 2 aromatic heterocycles. The Morgan fingerprint density at radius 3 is 2.03 bits per heavy atom. The number of ether oxygens (including phenoxy) is 2. The van der Waals surface area contributed by atoms with Crippen LogP contribution in [0.25, 0.3) is 21.8 Å². The van der Waals surface area contributed by atoms with Gasteiger partial charge < -0.3 is 24.3 Å². The van der Waals surface area contributed by atoms with Gasteiger partial charge in [-0.25, -0.2) is 9.97 Å². The van der Waals surface area contributed by atoms with Gasteiger partial charge >= 0.3 is 0 Å². The van der Waals surface area contributed by atoms with Crippen LogP contribution in [-0.4, -0.2) is 40.7 Å². The van der Waals surface area contributed by atoms with Crippen molar-refractivity contribution < 1.29 is 14.4 Å². The number of aromatic amines is 2. The predicted octanol–water partition coefficient (Wildman–Crippen LogP) is 1.44. The van der Waals surface area contributed by atoms with Gasteiger partial charge in [0.2, 0.25) is 0 Å². The van der Waals surface area contributed by atoms with Crippen LogP contribution in [-0.2, 0) is 13.1 Å². The second-order valence-corrected chi connectivity index (χ2v) is 7.80. The van der Waals surface area contributed by atoms with E-state index < -0.39 is 0 Å². The number of rotatable bonds is 7. The number of aromatic nitrogens is 4. The van der Waals surface area contributed by atoms with Crippen molar-refractivity contribution >= 4 is 33.4 Å². The Kier molecular flexibility index (Phi) is 6.11. The summed E-state index contributed by atoms with van der Waals surface area (Å²) in [5.74, 6) is 2.03. The van der Waals surface area contributed by atoms with Crippen molar-refractivity contribution in [2.45, 2.75) is 20.0 Å². The first kappa shape index (κ1) is 21.8. The van der Waals surface area contributed by atoms with E-state index in [1.54, 1.807) is 30.3 Å². The molecular weight excluding hydrogens is 434 g/mol. The Labute approximate surface area is 188 Å². The standard InChI is InChI=1S/C22H22ClN5O4/c1-4-28(10-19-24-15-7-12(23)5-6-13(15)21(29)26-19)11-20-25-16-9-18(32-3)17(31-2)8-14(16)22(30)27-20/h5-9H,4,10-11H2,1-3H3,(H,24,26,29)(H,25,27,30)/p+1. The third-order valence-electron chi connectivity index (χ3n) is 5.31. The highest BCUT2D eigenvalue weighted by molar-refractivity contribution is 6.31. The molecule has 9 nitrogen and oxygen atoms in total. The van der Waals surface area contributed by atoms with Gasteiger partial charge in [0, 0.05) is 11.1 Å². The van der Waals surface area contributed by atoms with E-state index >= 15 is 0 Å². The highest BCUT2D eigenvalue weighted by Crippen LogP contribution is 2.29. The lowest BCUT2D eigenvalue weighted by atomic mass is 10.2. The van der Waals surface area contributed by atoms with Gasteiger partial charge in [0.05, 0.1) is 42.6 Å². The molecule has 0 amide bonds. The molecule has 0 saturated heterocycles. The maximum atomic E-state index is 12.6. The van der Waals surface area contributed by atoms with Crippen molar-refractivity contribution in [3.05, 3.63) is 67.7 Å². The average molecular weight is 457 g/mol. The smallest absolute Gasteiger partial charge is 0.259 e. The van der Waals surface area contributed by atoms with Crippen LogP contribution in [0.15, 0.2) is 39.9 Å². The van der Waals surface area contributed by atoms with Gasteiger partial charge in [0.1, 0.15) is 13.1 Å². The monoisotopic (exact) mass is 456 g/mol. The molecule has 166 valence electrons. The molecule has 2 heterocycles. The summed E-state index contributed by atoms with van der Waals surface area (Å²) < 4.78 is 10.6. The Balaban J connectivity index is 1.64. The van der Waals surface area contributed by atoms with Crippen LogP contribution in [0.4, 0.5) is 0 Å². The number of H-pyrrole nitrogens is 2. The van der Waals surface area contributed by atoms with Crippen LogP contribution in [0.5, 0.6) is 11.5 Å². The Bertz CT molecular complexity index is 1420. The summed E-state index contributed by atoms with van der Waals surface area (Å²) in [4.78, 5) is 41.0. The summed E-state index contributed by atoms with van der Waals surface area (Å²) in [6.07, 6.45) is 0. The number of methoxy groups -OCH3 is 2. The molecule has 0 aliphatic heterocycles. The normalized spacial score (nSPS) is 12.2. The highest BCUT2D eigenvalue weighted by Gasteiger charge is 2.16. The maximum absolute atomic E-state index is 12.6. The van der Waals surface area contributed by atoms with E-state index in [1.165, 1.54) is 14.2 Å². The molecule has 10 heteroatoms. The first-order valence-corrected chi connectivity index (χ1v) is 10.5. The highest BCUT2D eigenvalue weighted by atomic mass is 35.5. The first-order chi connectivity index (χ1) is 15.4. The van der Waals surface area contributed by atoms with Gasteiger partial charge in [0.15, 0.2) is 23.1 Å². The van der Waals surface area contributed by atoms with E-state index in [-0.39, 0.29) is 11.1 Å². The zero-order valence-electron chi connectivity index (χ0n) is 17.9. The first-order valence-electron chi connectivity index (χ1n) is 10.1. The molecule has 3 N–H and O–H groups in total. The molecular formula is C22H23ClN5O4+. The maximum Gasteiger partial charge on any atom is 0.259 e. The minimum atomic E-state index is -0.256. The molecule has 0 aliphatic rings. The van der Waals surface area contributed by atoms with Crippen LogP contribution in [0.2, 0.25) is 5.02 Å². The number of hydrogen-bond acceptors (Lipinski definition) is 6. The number of nitrogens with one attached hydrogen (secondary N) is 3. The van der Waals surface area contributed by atoms with E-state index in [1.807, 2.05) is 6.92 Å². The third-order valence-corrected chi connectivity index (χ3v) is 5.55. The van der Waals surface area contributed by atoms with Crippen molar-refractivity contribution in [3.8, 4) is 11.5 Å². The molecule has 0 bridgehead atoms. The molecule has 1 unspecified atom stereocenters. The molecule has 0 fully saturated rings. The summed E-state index contributed by atoms with van der Waals surface area (Å²) in [5.41, 5.74) is 0.595. The van der Waals surface area contributed by atoms with Crippen LogP contribution >= 0.6 is 11.6 Å². The zero-order valence-corrected chi connectivity index (χ0v) is 18.7. The SMILES string of the molecule is CC[NH+](Cc1nc2cc(Cl)ccc2c(=O)[nH]1)Cc1nc2cc(OC)c(OC)cc2c(=O)[nH]1. The zero-order chi connectivity index (χ0) is 22.8. The van der Waals surface area contributed by atoms with Gasteiger partial charge in [-0.15, -0.1) is 0 Å². The summed E-state index contributed by atoms with van der Waals surface area (Å²) in [6, 6.07) is 8.29. The van der Waals surface area contributed by atoms with E-state index in [0.717, 1.165) is 11.4 Å². The summed E-state index contributed by atoms with van der Waals surface area (Å²) >= 11 is 6.05. The molecule has 0 saturated carbocycles. The number of benzene rings is 2. The Hall–Kier alpha value is -3.43. The fourth-order valence-electron chi connectivity index (χ4n) is 3.63. The number of quaternary nitrogens is 1. The molecule has 2 aromatic carbocycles. The predicted molar refractivity (Wildman–Crippen MR) is 122 cm³/mol. The van der Waals surface area contributed by atoms with E-state index in [4.69, 9.17) is 21.1 Å². The second-order valence-electron chi connectivity index (χ2n) is 7.37. The second kappa shape index (κ2) is 8.97. The Morgan fingerprint density at radius 2 is 1.44 bits per heavy atom. The van der Waals surface area contributed by atoms with Crippen molar-refractivity contribution in [1.82, 2.24) is 19.9 Å². The van der Waals surface area contributed by atoms with E-state index in [2.05, 4.69) is 19.9 Å². The molecule has 0 spiro atoms. The van der Waals surface area contributed by atoms with E-state index in [0.29, 0.717) is 63.1 Å². The van der Waals surface area contributed by atoms with Crippen molar-refractivity contribution in [1.29, 1.82) is 0 Å². The van der Waals surface area contributed by atoms with Crippen molar-refractivity contribution in [2.24, 2.45) is 0 Å². The summed E-state index contributed by atoms with van der Waals surface area (Å²) in [7, 11) is 3.05. The molecule has 32 heavy (non-hydrogen) atoms. The summed E-state index contributed by atoms with van der Waals surface area (Å²) in [6.45, 7) is 3.62. The molecule has 4 rings (SSSR count). The fourth-order valence-corrected chi connectivity index (χ4v) is 3.80. The summed E-state index contributed by atoms with van der Waals surface area (Å²) in [5, 5.41) is 1.43. The lowest BCUT2D eigenvalue weighted by molar-refractivity contribution is -0.927. The molecule has 0 aliphatic carbocycles. The van der Waals surface area contributed by atoms with Crippen molar-refractivity contribution in [3.63, 3.8) is 0 Å². The third kappa shape index (κ3) is 4.30.